The van der Waals surface area contributed by atoms with Crippen LogP contribution in [-0.2, 0) is 22.5 Å². The molecule has 5 nitrogen and oxygen atoms in total. The van der Waals surface area contributed by atoms with Crippen LogP contribution in [0.4, 0.5) is 0 Å². The first-order chi connectivity index (χ1) is 9.19. The molecule has 0 aliphatic rings. The highest BCUT2D eigenvalue weighted by molar-refractivity contribution is 5.89. The number of hydrogen-bond donors (Lipinski definition) is 1. The quantitative estimate of drug-likeness (QED) is 0.825. The second-order valence-corrected chi connectivity index (χ2v) is 4.27. The number of nitrogens with two attached hydrogens (primary N) is 1. The van der Waals surface area contributed by atoms with Crippen LogP contribution >= 0.6 is 0 Å². The summed E-state index contributed by atoms with van der Waals surface area (Å²) in [6.07, 6.45) is 2.20. The van der Waals surface area contributed by atoms with Gasteiger partial charge in [0, 0.05) is 30.2 Å². The van der Waals surface area contributed by atoms with Gasteiger partial charge in [-0.3, -0.25) is 4.79 Å². The highest BCUT2D eigenvalue weighted by Crippen LogP contribution is 2.26. The average Bonchev–Trinajstić information content (AvgIpc) is 2.76. The molecule has 0 saturated heterocycles. The first-order valence-corrected chi connectivity index (χ1v) is 6.12. The van der Waals surface area contributed by atoms with Crippen molar-refractivity contribution in [1.82, 2.24) is 4.57 Å². The van der Waals surface area contributed by atoms with Crippen LogP contribution in [-0.4, -0.2) is 31.3 Å². The van der Waals surface area contributed by atoms with E-state index in [1.165, 1.54) is 7.11 Å². The third-order valence-corrected chi connectivity index (χ3v) is 3.10. The molecule has 0 unspecified atom stereocenters. The minimum Gasteiger partial charge on any atom is -0.497 e. The van der Waals surface area contributed by atoms with Gasteiger partial charge in [-0.15, -0.1) is 0 Å². The summed E-state index contributed by atoms with van der Waals surface area (Å²) < 4.78 is 12.0. The maximum absolute atomic E-state index is 11.5. The van der Waals surface area contributed by atoms with E-state index in [1.54, 1.807) is 7.11 Å². The lowest BCUT2D eigenvalue weighted by atomic mass is 10.1. The third-order valence-electron chi connectivity index (χ3n) is 3.10. The smallest absolute Gasteiger partial charge is 0.310 e. The molecule has 0 bridgehead atoms. The van der Waals surface area contributed by atoms with E-state index in [0.29, 0.717) is 13.1 Å². The van der Waals surface area contributed by atoms with Crippen LogP contribution in [0.1, 0.15) is 5.56 Å². The van der Waals surface area contributed by atoms with Crippen molar-refractivity contribution in [2.45, 2.75) is 13.0 Å². The van der Waals surface area contributed by atoms with Crippen molar-refractivity contribution in [1.29, 1.82) is 0 Å². The number of carbonyl (C=O) groups is 1. The number of benzene rings is 1. The number of aromatic nitrogens is 1. The predicted octanol–water partition coefficient (Wildman–Crippen LogP) is 1.32. The Balaban J connectivity index is 2.51. The van der Waals surface area contributed by atoms with Gasteiger partial charge >= 0.3 is 5.97 Å². The summed E-state index contributed by atoms with van der Waals surface area (Å²) in [5.41, 5.74) is 7.58. The van der Waals surface area contributed by atoms with Crippen molar-refractivity contribution in [2.75, 3.05) is 20.8 Å². The normalized spacial score (nSPS) is 10.7. The van der Waals surface area contributed by atoms with Crippen LogP contribution in [0.2, 0.25) is 0 Å². The van der Waals surface area contributed by atoms with Gasteiger partial charge in [-0.05, 0) is 23.8 Å². The molecule has 0 saturated carbocycles. The largest absolute Gasteiger partial charge is 0.497 e. The zero-order valence-electron chi connectivity index (χ0n) is 11.2. The first-order valence-electron chi connectivity index (χ1n) is 6.12. The lowest BCUT2D eigenvalue weighted by molar-refractivity contribution is -0.139. The molecule has 102 valence electrons. The van der Waals surface area contributed by atoms with Gasteiger partial charge in [0.25, 0.3) is 0 Å². The van der Waals surface area contributed by atoms with Gasteiger partial charge in [-0.25, -0.2) is 0 Å². The Morgan fingerprint density at radius 3 is 2.79 bits per heavy atom. The van der Waals surface area contributed by atoms with E-state index >= 15 is 0 Å². The first kappa shape index (κ1) is 13.4. The number of hydrogen-bond acceptors (Lipinski definition) is 4. The van der Waals surface area contributed by atoms with E-state index < -0.39 is 0 Å². The minimum atomic E-state index is -0.255. The number of rotatable bonds is 5. The van der Waals surface area contributed by atoms with Crippen molar-refractivity contribution in [3.05, 3.63) is 30.0 Å². The molecule has 1 aromatic carbocycles. The van der Waals surface area contributed by atoms with Crippen molar-refractivity contribution < 1.29 is 14.3 Å². The zero-order valence-corrected chi connectivity index (χ0v) is 11.2. The number of carbonyl (C=O) groups excluding carboxylic acids is 1. The van der Waals surface area contributed by atoms with Crippen LogP contribution in [0.15, 0.2) is 24.4 Å². The summed E-state index contributed by atoms with van der Waals surface area (Å²) in [5, 5.41) is 0.998. The number of ether oxygens (including phenoxy) is 2. The van der Waals surface area contributed by atoms with E-state index in [0.717, 1.165) is 22.2 Å². The SMILES string of the molecule is COC(=O)Cc1cn(CCN)c2ccc(OC)cc12. The molecule has 0 aliphatic heterocycles. The van der Waals surface area contributed by atoms with Gasteiger partial charge in [-0.1, -0.05) is 0 Å². The highest BCUT2D eigenvalue weighted by atomic mass is 16.5. The van der Waals surface area contributed by atoms with Crippen LogP contribution in [0, 0.1) is 0 Å². The van der Waals surface area contributed by atoms with E-state index in [1.807, 2.05) is 29.0 Å². The van der Waals surface area contributed by atoms with Crippen LogP contribution in [0.3, 0.4) is 0 Å². The average molecular weight is 262 g/mol. The Morgan fingerprint density at radius 1 is 1.37 bits per heavy atom. The Hall–Kier alpha value is -2.01. The summed E-state index contributed by atoms with van der Waals surface area (Å²) in [7, 11) is 3.01. The second kappa shape index (κ2) is 5.75. The standard InChI is InChI=1S/C14H18N2O3/c1-18-11-3-4-13-12(8-11)10(7-14(17)19-2)9-16(13)6-5-15/h3-4,8-9H,5-7,15H2,1-2H3. The van der Waals surface area contributed by atoms with E-state index in [-0.39, 0.29) is 12.4 Å². The number of methoxy groups -OCH3 is 2. The molecule has 0 spiro atoms. The fraction of sp³-hybridized carbons (Fsp3) is 0.357. The maximum atomic E-state index is 11.5. The molecule has 2 rings (SSSR count). The fourth-order valence-electron chi connectivity index (χ4n) is 2.17. The summed E-state index contributed by atoms with van der Waals surface area (Å²) in [4.78, 5) is 11.5. The molecule has 2 N–H and O–H groups in total. The van der Waals surface area contributed by atoms with Crippen LogP contribution in [0.25, 0.3) is 10.9 Å². The summed E-state index contributed by atoms with van der Waals surface area (Å²) >= 11 is 0. The molecule has 19 heavy (non-hydrogen) atoms. The Labute approximate surface area is 111 Å². The molecule has 0 radical (unpaired) electrons. The summed E-state index contributed by atoms with van der Waals surface area (Å²) in [6, 6.07) is 5.81. The van der Waals surface area contributed by atoms with Crippen LogP contribution < -0.4 is 10.5 Å². The number of esters is 1. The Morgan fingerprint density at radius 2 is 2.16 bits per heavy atom. The molecule has 2 aromatic rings. The number of nitrogens with zero attached hydrogens (tertiary/aromatic N) is 1. The van der Waals surface area contributed by atoms with Gasteiger partial charge in [0.15, 0.2) is 0 Å². The summed E-state index contributed by atoms with van der Waals surface area (Å²) in [6.45, 7) is 1.26. The zero-order chi connectivity index (χ0) is 13.8. The monoisotopic (exact) mass is 262 g/mol. The topological polar surface area (TPSA) is 66.5 Å². The fourth-order valence-corrected chi connectivity index (χ4v) is 2.17. The van der Waals surface area contributed by atoms with Gasteiger partial charge in [-0.2, -0.15) is 0 Å². The number of fused-ring (bicyclic) bond motifs is 1. The van der Waals surface area contributed by atoms with E-state index in [2.05, 4.69) is 0 Å². The van der Waals surface area contributed by atoms with Gasteiger partial charge in [0.1, 0.15) is 5.75 Å². The van der Waals surface area contributed by atoms with Crippen molar-refractivity contribution in [2.24, 2.45) is 5.73 Å². The lowest BCUT2D eigenvalue weighted by Gasteiger charge is -2.04. The molecular formula is C14H18N2O3. The lowest BCUT2D eigenvalue weighted by Crippen LogP contribution is -2.09. The van der Waals surface area contributed by atoms with E-state index in [9.17, 15) is 4.79 Å². The van der Waals surface area contributed by atoms with Crippen molar-refractivity contribution >= 4 is 16.9 Å². The molecular weight excluding hydrogens is 244 g/mol. The molecule has 1 heterocycles. The minimum absolute atomic E-state index is 0.248. The molecule has 0 fully saturated rings. The molecule has 0 amide bonds. The Bertz CT molecular complexity index is 590. The van der Waals surface area contributed by atoms with Crippen LogP contribution in [0.5, 0.6) is 5.75 Å². The van der Waals surface area contributed by atoms with E-state index in [4.69, 9.17) is 15.2 Å². The second-order valence-electron chi connectivity index (χ2n) is 4.27. The van der Waals surface area contributed by atoms with Gasteiger partial charge < -0.3 is 19.8 Å². The Kier molecular flexibility index (Phi) is 4.06. The van der Waals surface area contributed by atoms with Crippen molar-refractivity contribution in [3.63, 3.8) is 0 Å². The molecule has 1 aromatic heterocycles. The predicted molar refractivity (Wildman–Crippen MR) is 73.3 cm³/mol. The van der Waals surface area contributed by atoms with Crippen molar-refractivity contribution in [3.8, 4) is 5.75 Å². The maximum Gasteiger partial charge on any atom is 0.310 e. The highest BCUT2D eigenvalue weighted by Gasteiger charge is 2.12. The molecule has 0 aliphatic carbocycles. The molecule has 5 heteroatoms. The molecule has 0 atom stereocenters. The van der Waals surface area contributed by atoms with Gasteiger partial charge in [0.05, 0.1) is 20.6 Å². The summed E-state index contributed by atoms with van der Waals surface area (Å²) in [5.74, 6) is 0.513. The third kappa shape index (κ3) is 2.71. The van der Waals surface area contributed by atoms with Gasteiger partial charge in [0.2, 0.25) is 0 Å².